The maximum absolute atomic E-state index is 5.55. The second-order valence-corrected chi connectivity index (χ2v) is 9.46. The summed E-state index contributed by atoms with van der Waals surface area (Å²) in [5.74, 6) is 0.707. The molecule has 9 nitrogen and oxygen atoms in total. The van der Waals surface area contributed by atoms with Crippen LogP contribution in [-0.4, -0.2) is 67.5 Å². The van der Waals surface area contributed by atoms with Crippen molar-refractivity contribution in [3.63, 3.8) is 0 Å². The Bertz CT molecular complexity index is 1540. The van der Waals surface area contributed by atoms with Crippen LogP contribution in [0.15, 0.2) is 61.3 Å². The lowest BCUT2D eigenvalue weighted by Crippen LogP contribution is -2.37. The molecule has 1 N–H and O–H groups in total. The van der Waals surface area contributed by atoms with Gasteiger partial charge in [-0.05, 0) is 36.1 Å². The molecule has 1 aliphatic heterocycles. The van der Waals surface area contributed by atoms with Gasteiger partial charge in [0, 0.05) is 56.4 Å². The third-order valence-corrected chi connectivity index (χ3v) is 6.93. The Morgan fingerprint density at radius 3 is 2.81 bits per heavy atom. The summed E-state index contributed by atoms with van der Waals surface area (Å²) >= 11 is 0. The van der Waals surface area contributed by atoms with Crippen molar-refractivity contribution in [3.05, 3.63) is 72.7 Å². The number of aromatic nitrogens is 6. The highest BCUT2D eigenvalue weighted by molar-refractivity contribution is 5.98. The van der Waals surface area contributed by atoms with Gasteiger partial charge in [0.15, 0.2) is 5.82 Å². The van der Waals surface area contributed by atoms with E-state index in [1.165, 1.54) is 10.8 Å². The molecular formula is C28H30N8O. The number of nitrogens with one attached hydrogen (secondary N) is 1. The summed E-state index contributed by atoms with van der Waals surface area (Å²) < 4.78 is 7.39. The van der Waals surface area contributed by atoms with E-state index in [2.05, 4.69) is 67.7 Å². The average molecular weight is 495 g/mol. The van der Waals surface area contributed by atoms with Gasteiger partial charge >= 0.3 is 0 Å². The summed E-state index contributed by atoms with van der Waals surface area (Å²) in [6, 6.07) is 12.4. The molecule has 0 bridgehead atoms. The Morgan fingerprint density at radius 1 is 1.08 bits per heavy atom. The number of pyridine rings is 2. The Labute approximate surface area is 215 Å². The lowest BCUT2D eigenvalue weighted by molar-refractivity contribution is 0.0384. The second-order valence-electron chi connectivity index (χ2n) is 9.46. The lowest BCUT2D eigenvalue weighted by Gasteiger charge is -2.27. The van der Waals surface area contributed by atoms with E-state index in [9.17, 15) is 0 Å². The van der Waals surface area contributed by atoms with E-state index in [-0.39, 0.29) is 6.04 Å². The van der Waals surface area contributed by atoms with Gasteiger partial charge in [-0.2, -0.15) is 5.10 Å². The summed E-state index contributed by atoms with van der Waals surface area (Å²) in [7, 11) is 1.95. The van der Waals surface area contributed by atoms with Crippen LogP contribution in [-0.2, 0) is 18.2 Å². The van der Waals surface area contributed by atoms with Crippen molar-refractivity contribution in [2.75, 3.05) is 38.2 Å². The van der Waals surface area contributed by atoms with Gasteiger partial charge < -0.3 is 10.1 Å². The van der Waals surface area contributed by atoms with Crippen LogP contribution >= 0.6 is 0 Å². The third-order valence-electron chi connectivity index (χ3n) is 6.93. The van der Waals surface area contributed by atoms with Crippen LogP contribution in [0.2, 0.25) is 0 Å². The van der Waals surface area contributed by atoms with Crippen molar-refractivity contribution in [1.29, 1.82) is 0 Å². The smallest absolute Gasteiger partial charge is 0.156 e. The molecule has 0 radical (unpaired) electrons. The average Bonchev–Trinajstić information content (AvgIpc) is 3.38. The fourth-order valence-electron chi connectivity index (χ4n) is 4.99. The number of ether oxygens (including phenoxy) is 1. The summed E-state index contributed by atoms with van der Waals surface area (Å²) in [6.07, 6.45) is 8.17. The van der Waals surface area contributed by atoms with Gasteiger partial charge in [0.05, 0.1) is 42.4 Å². The Kier molecular flexibility index (Phi) is 6.46. The minimum atomic E-state index is -0.0753. The molecule has 5 aromatic rings. The summed E-state index contributed by atoms with van der Waals surface area (Å²) in [5.41, 5.74) is 5.89. The highest BCUT2D eigenvalue weighted by atomic mass is 16.5. The van der Waals surface area contributed by atoms with Gasteiger partial charge in [0.1, 0.15) is 11.8 Å². The molecule has 0 saturated carbocycles. The molecule has 9 heteroatoms. The molecule has 6 rings (SSSR count). The molecule has 0 unspecified atom stereocenters. The van der Waals surface area contributed by atoms with E-state index in [0.29, 0.717) is 5.82 Å². The fraction of sp³-hybridized carbons (Fsp3) is 0.321. The first-order valence-electron chi connectivity index (χ1n) is 12.7. The van der Waals surface area contributed by atoms with E-state index in [1.54, 1.807) is 12.5 Å². The van der Waals surface area contributed by atoms with E-state index >= 15 is 0 Å². The SMILES string of the molecule is C[C@H](Nc1ncnc2cccnc12)c1cc2cccc(-c3cnn(C)c3)c2c(CCN2CCOCC2)n1. The quantitative estimate of drug-likeness (QED) is 0.363. The zero-order valence-electron chi connectivity index (χ0n) is 21.1. The maximum Gasteiger partial charge on any atom is 0.156 e. The van der Waals surface area contributed by atoms with Gasteiger partial charge in [-0.1, -0.05) is 18.2 Å². The predicted molar refractivity (Wildman–Crippen MR) is 144 cm³/mol. The molecule has 0 spiro atoms. The predicted octanol–water partition coefficient (Wildman–Crippen LogP) is 4.02. The van der Waals surface area contributed by atoms with E-state index in [1.807, 2.05) is 30.1 Å². The minimum Gasteiger partial charge on any atom is -0.379 e. The molecular weight excluding hydrogens is 464 g/mol. The van der Waals surface area contributed by atoms with Crippen LogP contribution in [0, 0.1) is 0 Å². The van der Waals surface area contributed by atoms with Crippen LogP contribution in [0.5, 0.6) is 0 Å². The number of anilines is 1. The van der Waals surface area contributed by atoms with Crippen molar-refractivity contribution >= 4 is 27.6 Å². The number of hydrogen-bond acceptors (Lipinski definition) is 8. The third kappa shape index (κ3) is 4.87. The zero-order chi connectivity index (χ0) is 25.2. The summed E-state index contributed by atoms with van der Waals surface area (Å²) in [6.45, 7) is 6.55. The molecule has 1 aromatic carbocycles. The van der Waals surface area contributed by atoms with E-state index in [0.717, 1.165) is 72.8 Å². The Hall–Kier alpha value is -3.95. The largest absolute Gasteiger partial charge is 0.379 e. The molecule has 1 atom stereocenters. The molecule has 0 amide bonds. The normalized spacial score (nSPS) is 15.3. The highest BCUT2D eigenvalue weighted by Gasteiger charge is 2.18. The number of nitrogens with zero attached hydrogens (tertiary/aromatic N) is 7. The van der Waals surface area contributed by atoms with Crippen molar-refractivity contribution in [2.45, 2.75) is 19.4 Å². The van der Waals surface area contributed by atoms with Crippen molar-refractivity contribution in [1.82, 2.24) is 34.6 Å². The minimum absolute atomic E-state index is 0.0753. The highest BCUT2D eigenvalue weighted by Crippen LogP contribution is 2.33. The number of rotatable bonds is 7. The molecule has 4 aromatic heterocycles. The number of morpholine rings is 1. The van der Waals surface area contributed by atoms with E-state index < -0.39 is 0 Å². The second kappa shape index (κ2) is 10.2. The van der Waals surface area contributed by atoms with Crippen molar-refractivity contribution in [2.24, 2.45) is 7.05 Å². The molecule has 1 fully saturated rings. The molecule has 1 saturated heterocycles. The lowest BCUT2D eigenvalue weighted by atomic mass is 9.96. The van der Waals surface area contributed by atoms with Crippen LogP contribution in [0.4, 0.5) is 5.82 Å². The van der Waals surface area contributed by atoms with Gasteiger partial charge in [0.25, 0.3) is 0 Å². The standard InChI is InChI=1S/C28H30N8O/c1-19(33-28-27-24(30-18-31-28)7-4-9-29-27)25-15-20-5-3-6-22(21-16-32-35(2)17-21)26(20)23(34-25)8-10-36-11-13-37-14-12-36/h3-7,9,15-19H,8,10-14H2,1-2H3,(H,30,31,33)/t19-/m0/s1. The number of benzene rings is 1. The topological polar surface area (TPSA) is 93.9 Å². The number of aryl methyl sites for hydroxylation is 1. The Morgan fingerprint density at radius 2 is 1.97 bits per heavy atom. The van der Waals surface area contributed by atoms with Crippen LogP contribution in [0.25, 0.3) is 32.9 Å². The molecule has 37 heavy (non-hydrogen) atoms. The zero-order valence-corrected chi connectivity index (χ0v) is 21.1. The van der Waals surface area contributed by atoms with Gasteiger partial charge in [0.2, 0.25) is 0 Å². The maximum atomic E-state index is 5.55. The fourth-order valence-corrected chi connectivity index (χ4v) is 4.99. The van der Waals surface area contributed by atoms with Crippen LogP contribution in [0.1, 0.15) is 24.4 Å². The van der Waals surface area contributed by atoms with Gasteiger partial charge in [-0.15, -0.1) is 0 Å². The van der Waals surface area contributed by atoms with Gasteiger partial charge in [-0.3, -0.25) is 19.5 Å². The van der Waals surface area contributed by atoms with Crippen LogP contribution in [0.3, 0.4) is 0 Å². The Balaban J connectivity index is 1.39. The molecule has 1 aliphatic rings. The molecule has 5 heterocycles. The summed E-state index contributed by atoms with van der Waals surface area (Å²) in [5, 5.41) is 10.3. The van der Waals surface area contributed by atoms with Crippen LogP contribution < -0.4 is 5.32 Å². The molecule has 188 valence electrons. The van der Waals surface area contributed by atoms with Gasteiger partial charge in [-0.25, -0.2) is 9.97 Å². The number of hydrogen-bond donors (Lipinski definition) is 1. The van der Waals surface area contributed by atoms with E-state index in [4.69, 9.17) is 9.72 Å². The summed E-state index contributed by atoms with van der Waals surface area (Å²) in [4.78, 5) is 21.0. The monoisotopic (exact) mass is 494 g/mol. The first-order valence-corrected chi connectivity index (χ1v) is 12.7. The number of fused-ring (bicyclic) bond motifs is 2. The van der Waals surface area contributed by atoms with Crippen molar-refractivity contribution < 1.29 is 4.74 Å². The molecule has 0 aliphatic carbocycles. The first kappa shape index (κ1) is 23.4. The van der Waals surface area contributed by atoms with Crippen molar-refractivity contribution in [3.8, 4) is 11.1 Å². The first-order chi connectivity index (χ1) is 18.2.